The van der Waals surface area contributed by atoms with Crippen LogP contribution in [0, 0.1) is 13.8 Å². The quantitative estimate of drug-likeness (QED) is 0.857. The molecule has 3 N–H and O–H groups in total. The van der Waals surface area contributed by atoms with Gasteiger partial charge < -0.3 is 11.1 Å². The number of rotatable bonds is 2. The number of nitrogen functional groups attached to an aromatic ring is 1. The second kappa shape index (κ2) is 5.16. The summed E-state index contributed by atoms with van der Waals surface area (Å²) in [6.07, 6.45) is 1.64. The van der Waals surface area contributed by atoms with Crippen LogP contribution in [0.1, 0.15) is 11.1 Å². The maximum absolute atomic E-state index is 6.11. The van der Waals surface area contributed by atoms with Gasteiger partial charge in [-0.05, 0) is 59.1 Å². The van der Waals surface area contributed by atoms with Gasteiger partial charge in [0.05, 0.1) is 17.6 Å². The molecule has 1 aromatic heterocycles. The van der Waals surface area contributed by atoms with E-state index in [-0.39, 0.29) is 0 Å². The largest absolute Gasteiger partial charge is 0.397 e. The topological polar surface area (TPSA) is 50.9 Å². The van der Waals surface area contributed by atoms with E-state index in [1.54, 1.807) is 6.20 Å². The van der Waals surface area contributed by atoms with Crippen molar-refractivity contribution in [2.24, 2.45) is 0 Å². The van der Waals surface area contributed by atoms with E-state index in [1.807, 2.05) is 32.0 Å². The highest BCUT2D eigenvalue weighted by Gasteiger charge is 2.06. The van der Waals surface area contributed by atoms with Gasteiger partial charge in [0.2, 0.25) is 0 Å². The molecule has 18 heavy (non-hydrogen) atoms. The predicted molar refractivity (Wildman–Crippen MR) is 80.6 cm³/mol. The smallest absolute Gasteiger partial charge is 0.130 e. The van der Waals surface area contributed by atoms with Crippen molar-refractivity contribution in [1.29, 1.82) is 0 Å². The van der Waals surface area contributed by atoms with Crippen LogP contribution in [0.3, 0.4) is 0 Å². The Morgan fingerprint density at radius 2 is 1.94 bits per heavy atom. The molecule has 0 saturated heterocycles. The molecular weight excluding hydrogens is 314 g/mol. The SMILES string of the molecule is Cc1cc(Nc2cc(Cl)c(C)cc2Br)ncc1N. The maximum atomic E-state index is 6.11. The van der Waals surface area contributed by atoms with Gasteiger partial charge in [-0.1, -0.05) is 11.6 Å². The first-order valence-corrected chi connectivity index (χ1v) is 6.59. The summed E-state index contributed by atoms with van der Waals surface area (Å²) in [6.45, 7) is 3.90. The minimum atomic E-state index is 0.682. The molecule has 0 unspecified atom stereocenters. The summed E-state index contributed by atoms with van der Waals surface area (Å²) in [5, 5.41) is 3.93. The normalized spacial score (nSPS) is 10.4. The maximum Gasteiger partial charge on any atom is 0.130 e. The van der Waals surface area contributed by atoms with Crippen molar-refractivity contribution in [1.82, 2.24) is 4.98 Å². The molecule has 0 aliphatic carbocycles. The fraction of sp³-hybridized carbons (Fsp3) is 0.154. The number of nitrogens with zero attached hydrogens (tertiary/aromatic N) is 1. The first-order chi connectivity index (χ1) is 8.47. The molecular formula is C13H13BrClN3. The number of hydrogen-bond acceptors (Lipinski definition) is 3. The molecule has 5 heteroatoms. The lowest BCUT2D eigenvalue weighted by molar-refractivity contribution is 1.27. The number of aryl methyl sites for hydroxylation is 2. The van der Waals surface area contributed by atoms with Crippen LogP contribution in [-0.4, -0.2) is 4.98 Å². The monoisotopic (exact) mass is 325 g/mol. The number of nitrogens with one attached hydrogen (secondary N) is 1. The minimum absolute atomic E-state index is 0.682. The summed E-state index contributed by atoms with van der Waals surface area (Å²) in [4.78, 5) is 4.23. The van der Waals surface area contributed by atoms with Gasteiger partial charge in [-0.25, -0.2) is 4.98 Å². The standard InChI is InChI=1S/C13H13BrClN3/c1-7-3-9(14)12(5-10(7)15)18-13-4-8(2)11(16)6-17-13/h3-6H,16H2,1-2H3,(H,17,18). The molecule has 1 aromatic carbocycles. The van der Waals surface area contributed by atoms with Crippen LogP contribution in [0.25, 0.3) is 0 Å². The lowest BCUT2D eigenvalue weighted by atomic mass is 10.2. The molecule has 0 aliphatic rings. The van der Waals surface area contributed by atoms with E-state index >= 15 is 0 Å². The fourth-order valence-electron chi connectivity index (χ4n) is 1.51. The second-order valence-electron chi connectivity index (χ2n) is 4.13. The van der Waals surface area contributed by atoms with E-state index < -0.39 is 0 Å². The van der Waals surface area contributed by atoms with Crippen LogP contribution in [0.2, 0.25) is 5.02 Å². The zero-order chi connectivity index (χ0) is 13.3. The number of benzene rings is 1. The van der Waals surface area contributed by atoms with Gasteiger partial charge in [-0.3, -0.25) is 0 Å². The number of halogens is 2. The number of nitrogens with two attached hydrogens (primary N) is 1. The Morgan fingerprint density at radius 3 is 2.61 bits per heavy atom. The first-order valence-electron chi connectivity index (χ1n) is 5.42. The summed E-state index contributed by atoms with van der Waals surface area (Å²) < 4.78 is 0.945. The molecule has 0 amide bonds. The van der Waals surface area contributed by atoms with Crippen LogP contribution in [0.5, 0.6) is 0 Å². The van der Waals surface area contributed by atoms with Crippen LogP contribution < -0.4 is 11.1 Å². The van der Waals surface area contributed by atoms with Gasteiger partial charge in [0.1, 0.15) is 5.82 Å². The summed E-state index contributed by atoms with van der Waals surface area (Å²) in [7, 11) is 0. The molecule has 0 saturated carbocycles. The van der Waals surface area contributed by atoms with E-state index in [1.165, 1.54) is 0 Å². The van der Waals surface area contributed by atoms with E-state index in [0.717, 1.165) is 27.1 Å². The van der Waals surface area contributed by atoms with Gasteiger partial charge in [0, 0.05) is 9.50 Å². The van der Waals surface area contributed by atoms with Crippen molar-refractivity contribution in [3.63, 3.8) is 0 Å². The number of aromatic nitrogens is 1. The highest BCUT2D eigenvalue weighted by atomic mass is 79.9. The Bertz CT molecular complexity index is 599. The Kier molecular flexibility index (Phi) is 3.78. The molecule has 0 radical (unpaired) electrons. The lowest BCUT2D eigenvalue weighted by Crippen LogP contribution is -1.98. The van der Waals surface area contributed by atoms with Gasteiger partial charge in [0.15, 0.2) is 0 Å². The third kappa shape index (κ3) is 2.76. The zero-order valence-electron chi connectivity index (χ0n) is 10.1. The number of pyridine rings is 1. The molecule has 3 nitrogen and oxygen atoms in total. The molecule has 0 atom stereocenters. The Hall–Kier alpha value is -1.26. The van der Waals surface area contributed by atoms with Gasteiger partial charge in [0.25, 0.3) is 0 Å². The molecule has 0 aliphatic heterocycles. The average molecular weight is 327 g/mol. The van der Waals surface area contributed by atoms with Crippen molar-refractivity contribution in [2.45, 2.75) is 13.8 Å². The van der Waals surface area contributed by atoms with Crippen molar-refractivity contribution in [2.75, 3.05) is 11.1 Å². The molecule has 2 aromatic rings. The van der Waals surface area contributed by atoms with Crippen molar-refractivity contribution < 1.29 is 0 Å². The molecule has 0 fully saturated rings. The lowest BCUT2D eigenvalue weighted by Gasteiger charge is -2.11. The molecule has 0 bridgehead atoms. The molecule has 2 rings (SSSR count). The predicted octanol–water partition coefficient (Wildman–Crippen LogP) is 4.44. The van der Waals surface area contributed by atoms with Crippen molar-refractivity contribution >= 4 is 44.7 Å². The fourth-order valence-corrected chi connectivity index (χ4v) is 2.24. The second-order valence-corrected chi connectivity index (χ2v) is 5.39. The highest BCUT2D eigenvalue weighted by molar-refractivity contribution is 9.10. The highest BCUT2D eigenvalue weighted by Crippen LogP contribution is 2.31. The zero-order valence-corrected chi connectivity index (χ0v) is 12.4. The molecule has 1 heterocycles. The minimum Gasteiger partial charge on any atom is -0.397 e. The Labute approximate surface area is 119 Å². The van der Waals surface area contributed by atoms with Gasteiger partial charge in [-0.15, -0.1) is 0 Å². The van der Waals surface area contributed by atoms with E-state index in [4.69, 9.17) is 17.3 Å². The summed E-state index contributed by atoms with van der Waals surface area (Å²) in [6, 6.07) is 5.73. The van der Waals surface area contributed by atoms with E-state index in [2.05, 4.69) is 26.2 Å². The van der Waals surface area contributed by atoms with Crippen molar-refractivity contribution in [3.05, 3.63) is 45.0 Å². The summed E-state index contributed by atoms with van der Waals surface area (Å²) in [5.41, 5.74) is 9.31. The third-order valence-corrected chi connectivity index (χ3v) is 3.73. The van der Waals surface area contributed by atoms with E-state index in [0.29, 0.717) is 10.7 Å². The number of anilines is 3. The van der Waals surface area contributed by atoms with Crippen LogP contribution in [0.15, 0.2) is 28.9 Å². The van der Waals surface area contributed by atoms with Crippen molar-refractivity contribution in [3.8, 4) is 0 Å². The van der Waals surface area contributed by atoms with Crippen LogP contribution in [0.4, 0.5) is 17.2 Å². The number of hydrogen-bond donors (Lipinski definition) is 2. The first kappa shape index (κ1) is 13.2. The van der Waals surface area contributed by atoms with E-state index in [9.17, 15) is 0 Å². The third-order valence-electron chi connectivity index (χ3n) is 2.66. The summed E-state index contributed by atoms with van der Waals surface area (Å²) >= 11 is 9.61. The van der Waals surface area contributed by atoms with Crippen LogP contribution >= 0.6 is 27.5 Å². The molecule has 0 spiro atoms. The molecule has 94 valence electrons. The average Bonchev–Trinajstić information content (AvgIpc) is 2.31. The Morgan fingerprint density at radius 1 is 1.22 bits per heavy atom. The Balaban J connectivity index is 2.34. The summed E-state index contributed by atoms with van der Waals surface area (Å²) in [5.74, 6) is 0.738. The van der Waals surface area contributed by atoms with Crippen LogP contribution in [-0.2, 0) is 0 Å². The van der Waals surface area contributed by atoms with Gasteiger partial charge >= 0.3 is 0 Å². The van der Waals surface area contributed by atoms with Gasteiger partial charge in [-0.2, -0.15) is 0 Å².